The van der Waals surface area contributed by atoms with Crippen molar-refractivity contribution in [1.29, 1.82) is 0 Å². The first-order chi connectivity index (χ1) is 11.9. The number of carbonyl (C=O) groups excluding carboxylic acids is 1. The molecule has 0 aromatic carbocycles. The number of aromatic nitrogens is 1. The van der Waals surface area contributed by atoms with Crippen LogP contribution >= 0.6 is 22.7 Å². The Labute approximate surface area is 154 Å². The summed E-state index contributed by atoms with van der Waals surface area (Å²) in [6, 6.07) is 3.42. The van der Waals surface area contributed by atoms with Gasteiger partial charge in [0.2, 0.25) is 0 Å². The summed E-state index contributed by atoms with van der Waals surface area (Å²) in [5, 5.41) is 2.87. The first kappa shape index (κ1) is 18.3. The molecule has 0 radical (unpaired) electrons. The van der Waals surface area contributed by atoms with E-state index in [0.717, 1.165) is 15.6 Å². The quantitative estimate of drug-likeness (QED) is 0.787. The van der Waals surface area contributed by atoms with Crippen molar-refractivity contribution in [2.24, 2.45) is 0 Å². The van der Waals surface area contributed by atoms with E-state index in [1.54, 1.807) is 19.1 Å². The van der Waals surface area contributed by atoms with Gasteiger partial charge in [-0.25, -0.2) is 18.2 Å². The minimum Gasteiger partial charge on any atom is -0.450 e. The van der Waals surface area contributed by atoms with E-state index >= 15 is 0 Å². The van der Waals surface area contributed by atoms with Crippen LogP contribution in [0.15, 0.2) is 21.7 Å². The fourth-order valence-corrected chi connectivity index (χ4v) is 6.06. The Kier molecular flexibility index (Phi) is 5.42. The third kappa shape index (κ3) is 3.86. The largest absolute Gasteiger partial charge is 0.450 e. The maximum Gasteiger partial charge on any atom is 0.409 e. The van der Waals surface area contributed by atoms with Gasteiger partial charge in [-0.15, -0.1) is 22.7 Å². The number of ether oxygens (including phenoxy) is 1. The van der Waals surface area contributed by atoms with Crippen LogP contribution in [-0.2, 0) is 14.8 Å². The van der Waals surface area contributed by atoms with Gasteiger partial charge >= 0.3 is 6.09 Å². The number of thiophene rings is 1. The number of sulfonamides is 1. The SMILES string of the molecule is CCOC(=O)N1CCN(S(=O)(=O)c2ccc(-c3csc(C)n3)s2)CC1. The van der Waals surface area contributed by atoms with E-state index in [4.69, 9.17) is 4.74 Å². The van der Waals surface area contributed by atoms with Gasteiger partial charge in [0.15, 0.2) is 0 Å². The molecule has 2 aromatic rings. The predicted molar refractivity (Wildman–Crippen MR) is 97.5 cm³/mol. The summed E-state index contributed by atoms with van der Waals surface area (Å²) in [6.45, 7) is 5.18. The third-order valence-electron chi connectivity index (χ3n) is 3.81. The Morgan fingerprint density at radius 1 is 1.28 bits per heavy atom. The molecule has 1 aliphatic rings. The van der Waals surface area contributed by atoms with E-state index in [9.17, 15) is 13.2 Å². The predicted octanol–water partition coefficient (Wildman–Crippen LogP) is 2.64. The van der Waals surface area contributed by atoms with Gasteiger partial charge in [0.1, 0.15) is 4.21 Å². The van der Waals surface area contributed by atoms with Crippen molar-refractivity contribution in [3.8, 4) is 10.6 Å². The molecule has 0 N–H and O–H groups in total. The highest BCUT2D eigenvalue weighted by molar-refractivity contribution is 7.91. The second kappa shape index (κ2) is 7.40. The molecule has 136 valence electrons. The highest BCUT2D eigenvalue weighted by Gasteiger charge is 2.31. The Bertz CT molecular complexity index is 851. The zero-order chi connectivity index (χ0) is 18.0. The van der Waals surface area contributed by atoms with E-state index in [1.165, 1.54) is 31.9 Å². The van der Waals surface area contributed by atoms with Crippen LogP contribution in [0.1, 0.15) is 11.9 Å². The van der Waals surface area contributed by atoms with Crippen LogP contribution in [0.3, 0.4) is 0 Å². The monoisotopic (exact) mass is 401 g/mol. The molecule has 1 saturated heterocycles. The fourth-order valence-electron chi connectivity index (χ4n) is 2.53. The van der Waals surface area contributed by atoms with Gasteiger partial charge in [0.05, 0.1) is 22.2 Å². The van der Waals surface area contributed by atoms with Gasteiger partial charge in [0, 0.05) is 31.6 Å². The van der Waals surface area contributed by atoms with Crippen LogP contribution in [0, 0.1) is 6.92 Å². The highest BCUT2D eigenvalue weighted by Crippen LogP contribution is 2.33. The molecule has 2 aromatic heterocycles. The molecule has 1 amide bonds. The Balaban J connectivity index is 1.71. The lowest BCUT2D eigenvalue weighted by Crippen LogP contribution is -2.50. The minimum absolute atomic E-state index is 0.268. The van der Waals surface area contributed by atoms with Crippen molar-refractivity contribution in [2.45, 2.75) is 18.1 Å². The number of piperazine rings is 1. The molecular formula is C15H19N3O4S3. The average molecular weight is 402 g/mol. The summed E-state index contributed by atoms with van der Waals surface area (Å²) in [6.07, 6.45) is -0.392. The number of carbonyl (C=O) groups is 1. The Morgan fingerprint density at radius 2 is 2.00 bits per heavy atom. The standard InChI is InChI=1S/C15H19N3O4S3/c1-3-22-15(19)17-6-8-18(9-7-17)25(20,21)14-5-4-13(24-14)12-10-23-11(2)16-12/h4-5,10H,3,6-9H2,1-2H3. The van der Waals surface area contributed by atoms with Crippen LogP contribution in [0.25, 0.3) is 10.6 Å². The van der Waals surface area contributed by atoms with Crippen molar-refractivity contribution in [3.05, 3.63) is 22.5 Å². The number of hydrogen-bond acceptors (Lipinski definition) is 7. The lowest BCUT2D eigenvalue weighted by molar-refractivity contribution is 0.0934. The van der Waals surface area contributed by atoms with E-state index < -0.39 is 16.1 Å². The van der Waals surface area contributed by atoms with Crippen molar-refractivity contribution in [2.75, 3.05) is 32.8 Å². The van der Waals surface area contributed by atoms with Gasteiger partial charge < -0.3 is 9.64 Å². The van der Waals surface area contributed by atoms with Crippen LogP contribution in [0.2, 0.25) is 0 Å². The molecule has 7 nitrogen and oxygen atoms in total. The van der Waals surface area contributed by atoms with Crippen molar-refractivity contribution in [1.82, 2.24) is 14.2 Å². The number of hydrogen-bond donors (Lipinski definition) is 0. The van der Waals surface area contributed by atoms with Gasteiger partial charge in [-0.05, 0) is 26.0 Å². The first-order valence-electron chi connectivity index (χ1n) is 7.86. The molecule has 0 spiro atoms. The first-order valence-corrected chi connectivity index (χ1v) is 11.0. The Morgan fingerprint density at radius 3 is 2.60 bits per heavy atom. The van der Waals surface area contributed by atoms with Crippen molar-refractivity contribution in [3.63, 3.8) is 0 Å². The lowest BCUT2D eigenvalue weighted by Gasteiger charge is -2.32. The number of aryl methyl sites for hydroxylation is 1. The molecule has 0 atom stereocenters. The lowest BCUT2D eigenvalue weighted by atomic mass is 10.4. The molecule has 0 saturated carbocycles. The number of thiazole rings is 1. The summed E-state index contributed by atoms with van der Waals surface area (Å²) in [5.74, 6) is 0. The zero-order valence-corrected chi connectivity index (χ0v) is 16.4. The topological polar surface area (TPSA) is 79.8 Å². The van der Waals surface area contributed by atoms with E-state index in [-0.39, 0.29) is 13.1 Å². The second-order valence-corrected chi connectivity index (χ2v) is 9.77. The van der Waals surface area contributed by atoms with E-state index in [0.29, 0.717) is 23.9 Å². The summed E-state index contributed by atoms with van der Waals surface area (Å²) in [7, 11) is -3.56. The summed E-state index contributed by atoms with van der Waals surface area (Å²) in [5.41, 5.74) is 0.807. The zero-order valence-electron chi connectivity index (χ0n) is 14.0. The molecule has 0 unspecified atom stereocenters. The van der Waals surface area contributed by atoms with Crippen LogP contribution < -0.4 is 0 Å². The fraction of sp³-hybridized carbons (Fsp3) is 0.467. The molecule has 3 rings (SSSR count). The molecule has 1 aliphatic heterocycles. The molecule has 0 bridgehead atoms. The minimum atomic E-state index is -3.56. The smallest absolute Gasteiger partial charge is 0.409 e. The van der Waals surface area contributed by atoms with E-state index in [1.807, 2.05) is 12.3 Å². The number of amides is 1. The van der Waals surface area contributed by atoms with Gasteiger partial charge in [-0.3, -0.25) is 0 Å². The van der Waals surface area contributed by atoms with Gasteiger partial charge in [-0.2, -0.15) is 4.31 Å². The molecular weight excluding hydrogens is 382 g/mol. The van der Waals surface area contributed by atoms with Crippen molar-refractivity contribution < 1.29 is 17.9 Å². The molecule has 10 heteroatoms. The average Bonchev–Trinajstić information content (AvgIpc) is 3.24. The second-order valence-electron chi connectivity index (χ2n) is 5.46. The normalized spacial score (nSPS) is 16.2. The molecule has 3 heterocycles. The van der Waals surface area contributed by atoms with Gasteiger partial charge in [0.25, 0.3) is 10.0 Å². The summed E-state index contributed by atoms with van der Waals surface area (Å²) >= 11 is 2.76. The number of rotatable bonds is 4. The maximum atomic E-state index is 12.8. The molecule has 0 aliphatic carbocycles. The number of nitrogens with zero attached hydrogens (tertiary/aromatic N) is 3. The maximum absolute atomic E-state index is 12.8. The summed E-state index contributed by atoms with van der Waals surface area (Å²) < 4.78 is 32.3. The molecule has 25 heavy (non-hydrogen) atoms. The molecule has 1 fully saturated rings. The van der Waals surface area contributed by atoms with E-state index in [2.05, 4.69) is 4.98 Å². The van der Waals surface area contributed by atoms with Crippen LogP contribution in [0.4, 0.5) is 4.79 Å². The van der Waals surface area contributed by atoms with Crippen LogP contribution in [-0.4, -0.2) is 61.5 Å². The third-order valence-corrected chi connectivity index (χ3v) is 8.06. The van der Waals surface area contributed by atoms with Crippen molar-refractivity contribution >= 4 is 38.8 Å². The highest BCUT2D eigenvalue weighted by atomic mass is 32.2. The van der Waals surface area contributed by atoms with Gasteiger partial charge in [-0.1, -0.05) is 0 Å². The van der Waals surface area contributed by atoms with Crippen LogP contribution in [0.5, 0.6) is 0 Å². The summed E-state index contributed by atoms with van der Waals surface area (Å²) in [4.78, 5) is 18.5. The Hall–Kier alpha value is -1.49.